The summed E-state index contributed by atoms with van der Waals surface area (Å²) in [6.07, 6.45) is 0. The average molecular weight is 513 g/mol. The molecule has 1 aromatic carbocycles. The fraction of sp³-hybridized carbons (Fsp3) is 0.565. The summed E-state index contributed by atoms with van der Waals surface area (Å²) in [4.78, 5) is 24.7. The number of nitrogens with one attached hydrogen (secondary N) is 1. The summed E-state index contributed by atoms with van der Waals surface area (Å²) in [6, 6.07) is 4.43. The molecule has 34 heavy (non-hydrogen) atoms. The molecule has 3 N–H and O–H groups in total. The molecule has 1 saturated heterocycles. The summed E-state index contributed by atoms with van der Waals surface area (Å²) in [5, 5.41) is 18.7. The van der Waals surface area contributed by atoms with E-state index in [2.05, 4.69) is 11.8 Å². The van der Waals surface area contributed by atoms with Crippen LogP contribution in [0.1, 0.15) is 41.5 Å². The van der Waals surface area contributed by atoms with Crippen LogP contribution in [0.3, 0.4) is 0 Å². The van der Waals surface area contributed by atoms with Crippen LogP contribution in [0.4, 0.5) is 0 Å². The van der Waals surface area contributed by atoms with Gasteiger partial charge in [0.15, 0.2) is 0 Å². The summed E-state index contributed by atoms with van der Waals surface area (Å²) in [6.45, 7) is 10.3. The normalized spacial score (nSPS) is 21.6. The van der Waals surface area contributed by atoms with Crippen LogP contribution in [0.2, 0.25) is 0 Å². The van der Waals surface area contributed by atoms with Gasteiger partial charge in [-0.2, -0.15) is 4.31 Å². The molecule has 0 saturated carbocycles. The molecular weight excluding hydrogens is 480 g/mol. The van der Waals surface area contributed by atoms with E-state index in [0.717, 1.165) is 4.31 Å². The third-order valence-electron chi connectivity index (χ3n) is 5.61. The van der Waals surface area contributed by atoms with Gasteiger partial charge in [-0.25, -0.2) is 13.9 Å². The number of aliphatic carboxylic acids is 1. The van der Waals surface area contributed by atoms with Crippen LogP contribution in [0.15, 0.2) is 29.2 Å². The molecule has 1 aliphatic rings. The van der Waals surface area contributed by atoms with Gasteiger partial charge in [-0.05, 0) is 50.5 Å². The Morgan fingerprint density at radius 2 is 1.88 bits per heavy atom. The number of benzene rings is 1. The number of rotatable bonds is 7. The molecule has 0 bridgehead atoms. The minimum Gasteiger partial charge on any atom is -0.481 e. The summed E-state index contributed by atoms with van der Waals surface area (Å²) in [5.74, 6) is 3.06. The number of thioether (sulfide) groups is 1. The van der Waals surface area contributed by atoms with Crippen molar-refractivity contribution in [2.24, 2.45) is 11.3 Å². The van der Waals surface area contributed by atoms with E-state index in [4.69, 9.17) is 4.74 Å². The van der Waals surface area contributed by atoms with Gasteiger partial charge in [0.05, 0.1) is 10.8 Å². The van der Waals surface area contributed by atoms with Crippen molar-refractivity contribution in [3.05, 3.63) is 24.3 Å². The van der Waals surface area contributed by atoms with Gasteiger partial charge < -0.3 is 9.84 Å². The first kappa shape index (κ1) is 28.0. The Morgan fingerprint density at radius 1 is 1.29 bits per heavy atom. The van der Waals surface area contributed by atoms with Crippen molar-refractivity contribution in [3.63, 3.8) is 0 Å². The Labute approximate surface area is 205 Å². The van der Waals surface area contributed by atoms with E-state index in [9.17, 15) is 28.3 Å². The van der Waals surface area contributed by atoms with Gasteiger partial charge in [-0.3, -0.25) is 14.8 Å². The number of hydrogen-bond acceptors (Lipinski definition) is 7. The Bertz CT molecular complexity index is 1070. The number of carboxylic acid groups (broad SMARTS) is 1. The largest absolute Gasteiger partial charge is 0.481 e. The van der Waals surface area contributed by atoms with E-state index in [1.807, 2.05) is 0 Å². The number of hydroxylamine groups is 1. The van der Waals surface area contributed by atoms with Gasteiger partial charge in [-0.15, -0.1) is 17.7 Å². The molecule has 0 aromatic heterocycles. The van der Waals surface area contributed by atoms with Crippen molar-refractivity contribution in [2.75, 3.05) is 13.2 Å². The number of carbonyl (C=O) groups excluding carboxylic acids is 1. The Morgan fingerprint density at radius 3 is 2.35 bits per heavy atom. The highest BCUT2D eigenvalue weighted by Crippen LogP contribution is 2.47. The number of sulfonamides is 1. The van der Waals surface area contributed by atoms with Crippen LogP contribution >= 0.6 is 11.8 Å². The van der Waals surface area contributed by atoms with Gasteiger partial charge in [0.2, 0.25) is 10.0 Å². The van der Waals surface area contributed by atoms with Crippen molar-refractivity contribution in [1.82, 2.24) is 9.79 Å². The molecule has 1 unspecified atom stereocenters. The first-order valence-corrected chi connectivity index (χ1v) is 13.0. The lowest BCUT2D eigenvalue weighted by molar-refractivity contribution is -0.145. The summed E-state index contributed by atoms with van der Waals surface area (Å²) >= 11 is 1.24. The molecule has 0 aliphatic carbocycles. The minimum atomic E-state index is -4.25. The maximum Gasteiger partial charge on any atom is 0.308 e. The predicted octanol–water partition coefficient (Wildman–Crippen LogP) is 2.59. The Balaban J connectivity index is 2.54. The monoisotopic (exact) mass is 512 g/mol. The standard InChI is InChI=1S/C23H32N2O7S2/c1-7-8-13-32-15-9-11-16(12-10-15)34(30,31)25-14-17(18(21(27)28)22(2,3)4)33-23(5,6)19(25)20(26)24-29/h9-12,17-19,29H,13-14H2,1-6H3,(H,24,26)(H,27,28)/t17-,18?,19+/m1/s1. The van der Waals surface area contributed by atoms with Gasteiger partial charge in [-0.1, -0.05) is 26.7 Å². The highest BCUT2D eigenvalue weighted by Gasteiger charge is 2.54. The van der Waals surface area contributed by atoms with Gasteiger partial charge in [0, 0.05) is 16.5 Å². The molecular formula is C23H32N2O7S2. The van der Waals surface area contributed by atoms with Crippen LogP contribution in [0.5, 0.6) is 5.75 Å². The Kier molecular flexibility index (Phi) is 8.69. The van der Waals surface area contributed by atoms with Crippen molar-refractivity contribution >= 4 is 33.7 Å². The van der Waals surface area contributed by atoms with E-state index in [1.54, 1.807) is 47.0 Å². The maximum atomic E-state index is 13.7. The lowest BCUT2D eigenvalue weighted by Gasteiger charge is -2.49. The number of carbonyl (C=O) groups is 2. The zero-order valence-corrected chi connectivity index (χ0v) is 21.8. The number of nitrogens with zero attached hydrogens (tertiary/aromatic N) is 1. The summed E-state index contributed by atoms with van der Waals surface area (Å²) < 4.78 is 32.8. The van der Waals surface area contributed by atoms with Crippen molar-refractivity contribution in [1.29, 1.82) is 0 Å². The minimum absolute atomic E-state index is 0.0822. The average Bonchev–Trinajstić information content (AvgIpc) is 2.71. The fourth-order valence-corrected chi connectivity index (χ4v) is 8.11. The van der Waals surface area contributed by atoms with Crippen LogP contribution in [-0.4, -0.2) is 64.1 Å². The second-order valence-electron chi connectivity index (χ2n) is 9.58. The van der Waals surface area contributed by atoms with E-state index in [1.165, 1.54) is 36.0 Å². The number of amides is 1. The van der Waals surface area contributed by atoms with Crippen LogP contribution in [-0.2, 0) is 19.6 Å². The molecule has 188 valence electrons. The molecule has 1 aromatic rings. The fourth-order valence-electron chi connectivity index (χ4n) is 4.16. The third-order valence-corrected chi connectivity index (χ3v) is 9.01. The third kappa shape index (κ3) is 6.05. The highest BCUT2D eigenvalue weighted by molar-refractivity contribution is 8.01. The second-order valence-corrected chi connectivity index (χ2v) is 13.4. The van der Waals surface area contributed by atoms with Crippen LogP contribution < -0.4 is 10.2 Å². The molecule has 2 rings (SSSR count). The van der Waals surface area contributed by atoms with Crippen molar-refractivity contribution in [3.8, 4) is 17.6 Å². The predicted molar refractivity (Wildman–Crippen MR) is 129 cm³/mol. The lowest BCUT2D eigenvalue weighted by atomic mass is 9.78. The first-order valence-electron chi connectivity index (χ1n) is 10.7. The van der Waals surface area contributed by atoms with Gasteiger partial charge in [0.25, 0.3) is 5.91 Å². The lowest BCUT2D eigenvalue weighted by Crippen LogP contribution is -2.64. The zero-order chi connectivity index (χ0) is 25.9. The molecule has 1 heterocycles. The maximum absolute atomic E-state index is 13.7. The Hall–Kier alpha value is -2.26. The molecule has 9 nitrogen and oxygen atoms in total. The number of hydrogen-bond donors (Lipinski definition) is 3. The molecule has 11 heteroatoms. The highest BCUT2D eigenvalue weighted by atomic mass is 32.2. The van der Waals surface area contributed by atoms with Crippen LogP contribution in [0, 0.1) is 23.2 Å². The van der Waals surface area contributed by atoms with E-state index < -0.39 is 49.3 Å². The second kappa shape index (κ2) is 10.6. The van der Waals surface area contributed by atoms with Gasteiger partial charge in [0.1, 0.15) is 18.4 Å². The SMILES string of the molecule is CC#CCOc1ccc(S(=O)(=O)N2C[C@H](C(C(=O)O)C(C)(C)C)SC(C)(C)[C@@H]2C(=O)NO)cc1. The molecule has 1 amide bonds. The molecule has 0 spiro atoms. The van der Waals surface area contributed by atoms with E-state index in [0.29, 0.717) is 5.75 Å². The van der Waals surface area contributed by atoms with Crippen molar-refractivity contribution < 1.29 is 33.1 Å². The van der Waals surface area contributed by atoms with Crippen molar-refractivity contribution in [2.45, 2.75) is 62.5 Å². The number of ether oxygens (including phenoxy) is 1. The zero-order valence-electron chi connectivity index (χ0n) is 20.2. The summed E-state index contributed by atoms with van der Waals surface area (Å²) in [5.41, 5.74) is 0.906. The van der Waals surface area contributed by atoms with E-state index in [-0.39, 0.29) is 18.0 Å². The number of carboxylic acids is 1. The smallest absolute Gasteiger partial charge is 0.308 e. The van der Waals surface area contributed by atoms with Crippen LogP contribution in [0.25, 0.3) is 0 Å². The molecule has 1 aliphatic heterocycles. The topological polar surface area (TPSA) is 133 Å². The molecule has 3 atom stereocenters. The molecule has 0 radical (unpaired) electrons. The summed E-state index contributed by atoms with van der Waals surface area (Å²) in [7, 11) is -4.25. The quantitative estimate of drug-likeness (QED) is 0.288. The molecule has 1 fully saturated rings. The first-order chi connectivity index (χ1) is 15.7. The van der Waals surface area contributed by atoms with Gasteiger partial charge >= 0.3 is 5.97 Å². The van der Waals surface area contributed by atoms with E-state index >= 15 is 0 Å².